The number of fused-ring (bicyclic) bond motifs is 1. The van der Waals surface area contributed by atoms with E-state index < -0.39 is 7.60 Å². The Morgan fingerprint density at radius 2 is 2.08 bits per heavy atom. The number of hydrogen-bond acceptors (Lipinski definition) is 1. The van der Waals surface area contributed by atoms with E-state index in [-0.39, 0.29) is 5.31 Å². The van der Waals surface area contributed by atoms with Crippen molar-refractivity contribution in [1.29, 1.82) is 0 Å². The number of allylic oxidation sites excluding steroid dienone is 4. The standard InChI is InChI=1S/C7H6NO3P/c9-12(10,11)7-3-5-8-4-1-2-6(7)8/h1-5H,(H-,9,10,11)/p+1. The van der Waals surface area contributed by atoms with Crippen molar-refractivity contribution in [2.24, 2.45) is 0 Å². The Balaban J connectivity index is 2.44. The van der Waals surface area contributed by atoms with Crippen LogP contribution in [0.3, 0.4) is 0 Å². The first kappa shape index (κ1) is 7.68. The van der Waals surface area contributed by atoms with Gasteiger partial charge < -0.3 is 9.79 Å². The van der Waals surface area contributed by atoms with E-state index in [4.69, 9.17) is 9.79 Å². The fourth-order valence-electron chi connectivity index (χ4n) is 1.22. The van der Waals surface area contributed by atoms with E-state index >= 15 is 0 Å². The Kier molecular flexibility index (Phi) is 1.45. The highest BCUT2D eigenvalue weighted by molar-refractivity contribution is 7.56. The van der Waals surface area contributed by atoms with Crippen LogP contribution in [0.4, 0.5) is 0 Å². The predicted octanol–water partition coefficient (Wildman–Crippen LogP) is 0.556. The lowest BCUT2D eigenvalue weighted by Crippen LogP contribution is -1.97. The van der Waals surface area contributed by atoms with Crippen molar-refractivity contribution < 1.29 is 18.9 Å². The number of rotatable bonds is 1. The van der Waals surface area contributed by atoms with Gasteiger partial charge in [-0.2, -0.15) is 4.58 Å². The molecule has 0 spiro atoms. The molecule has 0 unspecified atom stereocenters. The van der Waals surface area contributed by atoms with Gasteiger partial charge in [0.1, 0.15) is 5.31 Å². The van der Waals surface area contributed by atoms with E-state index in [1.165, 1.54) is 6.08 Å². The maximum atomic E-state index is 10.9. The lowest BCUT2D eigenvalue weighted by Gasteiger charge is -2.01. The van der Waals surface area contributed by atoms with Gasteiger partial charge in [0.25, 0.3) is 0 Å². The molecule has 4 nitrogen and oxygen atoms in total. The molecular formula is C7H7NO3P+. The van der Waals surface area contributed by atoms with E-state index in [0.717, 1.165) is 0 Å². The maximum absolute atomic E-state index is 10.9. The van der Waals surface area contributed by atoms with E-state index in [1.807, 2.05) is 0 Å². The van der Waals surface area contributed by atoms with Gasteiger partial charge in [0.2, 0.25) is 5.70 Å². The second-order valence-electron chi connectivity index (χ2n) is 2.55. The molecule has 12 heavy (non-hydrogen) atoms. The third-order valence-corrected chi connectivity index (χ3v) is 2.75. The molecule has 62 valence electrons. The van der Waals surface area contributed by atoms with E-state index in [0.29, 0.717) is 5.70 Å². The molecule has 2 aliphatic heterocycles. The molecule has 2 aliphatic rings. The molecule has 2 heterocycles. The summed E-state index contributed by atoms with van der Waals surface area (Å²) >= 11 is 0. The molecule has 0 aromatic heterocycles. The lowest BCUT2D eigenvalue weighted by molar-refractivity contribution is -0.381. The molecule has 0 fully saturated rings. The highest BCUT2D eigenvalue weighted by Gasteiger charge is 2.35. The van der Waals surface area contributed by atoms with Crippen LogP contribution >= 0.6 is 7.60 Å². The summed E-state index contributed by atoms with van der Waals surface area (Å²) in [6.07, 6.45) is 8.23. The molecule has 2 rings (SSSR count). The first-order chi connectivity index (χ1) is 5.59. The van der Waals surface area contributed by atoms with Crippen molar-refractivity contribution in [3.63, 3.8) is 0 Å². The van der Waals surface area contributed by atoms with Crippen LogP contribution in [0.25, 0.3) is 0 Å². The van der Waals surface area contributed by atoms with Crippen molar-refractivity contribution in [3.8, 4) is 0 Å². The molecule has 0 bridgehead atoms. The summed E-state index contributed by atoms with van der Waals surface area (Å²) in [5.41, 5.74) is 0.573. The van der Waals surface area contributed by atoms with Crippen molar-refractivity contribution in [2.75, 3.05) is 0 Å². The monoisotopic (exact) mass is 184 g/mol. The Bertz CT molecular complexity index is 397. The summed E-state index contributed by atoms with van der Waals surface area (Å²) < 4.78 is 12.6. The summed E-state index contributed by atoms with van der Waals surface area (Å²) in [5, 5.41) is 0.0903. The average molecular weight is 184 g/mol. The SMILES string of the molecule is O=P(O)(O)C1=CC=[N+]2C=CC=C12. The van der Waals surface area contributed by atoms with E-state index in [2.05, 4.69) is 0 Å². The quantitative estimate of drug-likeness (QED) is 0.462. The topological polar surface area (TPSA) is 60.5 Å². The molecule has 0 saturated heterocycles. The van der Waals surface area contributed by atoms with Crippen molar-refractivity contribution in [2.45, 2.75) is 0 Å². The Hall–Kier alpha value is -0.960. The van der Waals surface area contributed by atoms with Crippen molar-refractivity contribution in [1.82, 2.24) is 0 Å². The van der Waals surface area contributed by atoms with Crippen LogP contribution in [-0.4, -0.2) is 20.6 Å². The fraction of sp³-hybridized carbons (Fsp3) is 0. The normalized spacial score (nSPS) is 20.3. The molecule has 5 heteroatoms. The Labute approximate surface area is 69.0 Å². The molecule has 0 aromatic carbocycles. The zero-order valence-electron chi connectivity index (χ0n) is 6.08. The molecule has 0 radical (unpaired) electrons. The first-order valence-electron chi connectivity index (χ1n) is 3.37. The zero-order valence-corrected chi connectivity index (χ0v) is 6.98. The van der Waals surface area contributed by atoms with Crippen molar-refractivity contribution >= 4 is 13.8 Å². The zero-order chi connectivity index (χ0) is 8.77. The minimum Gasteiger partial charge on any atom is -0.321 e. The van der Waals surface area contributed by atoms with Gasteiger partial charge in [0, 0.05) is 18.2 Å². The van der Waals surface area contributed by atoms with Gasteiger partial charge in [-0.15, -0.1) is 0 Å². The van der Waals surface area contributed by atoms with Gasteiger partial charge in [-0.3, -0.25) is 4.57 Å². The summed E-state index contributed by atoms with van der Waals surface area (Å²) in [4.78, 5) is 17.8. The molecule has 2 N–H and O–H groups in total. The highest BCUT2D eigenvalue weighted by atomic mass is 31.2. The molecule has 0 amide bonds. The Morgan fingerprint density at radius 3 is 2.75 bits per heavy atom. The molecular weight excluding hydrogens is 177 g/mol. The van der Waals surface area contributed by atoms with Crippen LogP contribution in [0.15, 0.2) is 35.4 Å². The summed E-state index contributed by atoms with van der Waals surface area (Å²) in [6, 6.07) is 0. The largest absolute Gasteiger partial charge is 0.363 e. The van der Waals surface area contributed by atoms with Gasteiger partial charge in [0.15, 0.2) is 12.4 Å². The number of hydrogen-bond donors (Lipinski definition) is 2. The Morgan fingerprint density at radius 1 is 1.33 bits per heavy atom. The van der Waals surface area contributed by atoms with Crippen LogP contribution in [0.5, 0.6) is 0 Å². The molecule has 0 aromatic rings. The fourth-order valence-corrected chi connectivity index (χ4v) is 1.97. The van der Waals surface area contributed by atoms with Crippen LogP contribution < -0.4 is 0 Å². The van der Waals surface area contributed by atoms with Crippen LogP contribution in [0.2, 0.25) is 0 Å². The minimum atomic E-state index is -4.10. The molecule has 0 saturated carbocycles. The maximum Gasteiger partial charge on any atom is 0.363 e. The smallest absolute Gasteiger partial charge is 0.321 e. The predicted molar refractivity (Wildman–Crippen MR) is 43.7 cm³/mol. The van der Waals surface area contributed by atoms with Crippen LogP contribution in [0, 0.1) is 0 Å². The van der Waals surface area contributed by atoms with Gasteiger partial charge in [-0.1, -0.05) is 0 Å². The van der Waals surface area contributed by atoms with E-state index in [1.54, 1.807) is 29.1 Å². The minimum absolute atomic E-state index is 0.0903. The van der Waals surface area contributed by atoms with Gasteiger partial charge >= 0.3 is 7.60 Å². The molecule has 0 aliphatic carbocycles. The second-order valence-corrected chi connectivity index (χ2v) is 4.12. The second kappa shape index (κ2) is 2.26. The summed E-state index contributed by atoms with van der Waals surface area (Å²) in [7, 11) is -4.10. The third kappa shape index (κ3) is 1.01. The van der Waals surface area contributed by atoms with Crippen molar-refractivity contribution in [3.05, 3.63) is 35.4 Å². The molecule has 0 atom stereocenters. The lowest BCUT2D eigenvalue weighted by atomic mass is 10.4. The third-order valence-electron chi connectivity index (χ3n) is 1.75. The summed E-state index contributed by atoms with van der Waals surface area (Å²) in [6.45, 7) is 0. The van der Waals surface area contributed by atoms with Gasteiger partial charge in [0.05, 0.1) is 0 Å². The van der Waals surface area contributed by atoms with Crippen LogP contribution in [-0.2, 0) is 4.57 Å². The van der Waals surface area contributed by atoms with E-state index in [9.17, 15) is 4.57 Å². The summed E-state index contributed by atoms with van der Waals surface area (Å²) in [5.74, 6) is 0. The first-order valence-corrected chi connectivity index (χ1v) is 4.99. The highest BCUT2D eigenvalue weighted by Crippen LogP contribution is 2.50. The van der Waals surface area contributed by atoms with Gasteiger partial charge in [-0.05, 0) is 0 Å². The average Bonchev–Trinajstić information content (AvgIpc) is 2.37. The van der Waals surface area contributed by atoms with Crippen LogP contribution in [0.1, 0.15) is 0 Å². The number of nitrogens with zero attached hydrogens (tertiary/aromatic N) is 1. The van der Waals surface area contributed by atoms with Gasteiger partial charge in [-0.25, -0.2) is 0 Å².